The quantitative estimate of drug-likeness (QED) is 0.866. The van der Waals surface area contributed by atoms with Gasteiger partial charge in [-0.15, -0.1) is 11.3 Å². The summed E-state index contributed by atoms with van der Waals surface area (Å²) in [6, 6.07) is 5.93. The summed E-state index contributed by atoms with van der Waals surface area (Å²) in [6.45, 7) is 3.19. The minimum Gasteiger partial charge on any atom is -0.384 e. The number of nitrogens with zero attached hydrogens (tertiary/aromatic N) is 2. The molecule has 0 spiro atoms. The fourth-order valence-electron chi connectivity index (χ4n) is 1.56. The third-order valence-corrected chi connectivity index (χ3v) is 3.31. The molecule has 0 aliphatic carbocycles. The summed E-state index contributed by atoms with van der Waals surface area (Å²) >= 11 is 1.76. The highest BCUT2D eigenvalue weighted by Gasteiger charge is 2.03. The molecule has 0 aliphatic rings. The van der Waals surface area contributed by atoms with E-state index in [1.165, 1.54) is 9.75 Å². The average molecular weight is 264 g/mol. The number of hydrogen-bond acceptors (Lipinski definition) is 6. The standard InChI is InChI=1S/C12H16N4OS/c1-8-3-4-9(18-8)6-14-11-5-10(13)15-12(16-11)7-17-2/h3-5H,6-7H2,1-2H3,(H3,13,14,15,16). The molecular weight excluding hydrogens is 248 g/mol. The van der Waals surface area contributed by atoms with Crippen molar-refractivity contribution in [3.63, 3.8) is 0 Å². The number of anilines is 2. The molecule has 2 aromatic heterocycles. The van der Waals surface area contributed by atoms with E-state index in [1.807, 2.05) is 0 Å². The second-order valence-electron chi connectivity index (χ2n) is 3.89. The lowest BCUT2D eigenvalue weighted by Gasteiger charge is -2.07. The fraction of sp³-hybridized carbons (Fsp3) is 0.333. The second kappa shape index (κ2) is 5.79. The van der Waals surface area contributed by atoms with Crippen molar-refractivity contribution < 1.29 is 4.74 Å². The van der Waals surface area contributed by atoms with Gasteiger partial charge in [0.25, 0.3) is 0 Å². The summed E-state index contributed by atoms with van der Waals surface area (Å²) in [7, 11) is 1.61. The first kappa shape index (κ1) is 12.8. The normalized spacial score (nSPS) is 10.6. The zero-order chi connectivity index (χ0) is 13.0. The minimum absolute atomic E-state index is 0.359. The Labute approximate surface area is 110 Å². The number of hydrogen-bond donors (Lipinski definition) is 2. The lowest BCUT2D eigenvalue weighted by molar-refractivity contribution is 0.178. The van der Waals surface area contributed by atoms with E-state index in [-0.39, 0.29) is 0 Å². The summed E-state index contributed by atoms with van der Waals surface area (Å²) in [5, 5.41) is 3.24. The van der Waals surface area contributed by atoms with Crippen molar-refractivity contribution in [3.8, 4) is 0 Å². The number of nitrogens with two attached hydrogens (primary N) is 1. The highest BCUT2D eigenvalue weighted by Crippen LogP contribution is 2.17. The summed E-state index contributed by atoms with van der Waals surface area (Å²) in [5.41, 5.74) is 5.72. The van der Waals surface area contributed by atoms with Crippen LogP contribution in [0.25, 0.3) is 0 Å². The first-order chi connectivity index (χ1) is 8.67. The summed E-state index contributed by atoms with van der Waals surface area (Å²) in [6.07, 6.45) is 0. The van der Waals surface area contributed by atoms with Gasteiger partial charge in [-0.25, -0.2) is 9.97 Å². The predicted octanol–water partition coefficient (Wildman–Crippen LogP) is 2.19. The first-order valence-electron chi connectivity index (χ1n) is 5.59. The van der Waals surface area contributed by atoms with Crippen LogP contribution in [0.1, 0.15) is 15.6 Å². The molecule has 2 heterocycles. The van der Waals surface area contributed by atoms with Crippen LogP contribution in [0.15, 0.2) is 18.2 Å². The second-order valence-corrected chi connectivity index (χ2v) is 5.27. The maximum atomic E-state index is 5.72. The van der Waals surface area contributed by atoms with Gasteiger partial charge in [0.05, 0.1) is 6.54 Å². The average Bonchev–Trinajstić information content (AvgIpc) is 2.72. The summed E-state index contributed by atoms with van der Waals surface area (Å²) < 4.78 is 5.00. The van der Waals surface area contributed by atoms with E-state index in [4.69, 9.17) is 10.5 Å². The SMILES string of the molecule is COCc1nc(N)cc(NCc2ccc(C)s2)n1. The third-order valence-electron chi connectivity index (χ3n) is 2.31. The molecule has 0 saturated heterocycles. The summed E-state index contributed by atoms with van der Waals surface area (Å²) in [4.78, 5) is 11.0. The molecule has 5 nitrogen and oxygen atoms in total. The van der Waals surface area contributed by atoms with Crippen molar-refractivity contribution in [2.24, 2.45) is 0 Å². The van der Waals surface area contributed by atoms with Crippen LogP contribution in [0.4, 0.5) is 11.6 Å². The number of rotatable bonds is 5. The largest absolute Gasteiger partial charge is 0.384 e. The molecule has 18 heavy (non-hydrogen) atoms. The van der Waals surface area contributed by atoms with Crippen molar-refractivity contribution >= 4 is 23.0 Å². The number of aromatic nitrogens is 2. The number of aryl methyl sites for hydroxylation is 1. The molecule has 2 aromatic rings. The van der Waals surface area contributed by atoms with Gasteiger partial charge in [0.1, 0.15) is 18.2 Å². The van der Waals surface area contributed by atoms with E-state index in [1.54, 1.807) is 24.5 Å². The Bertz CT molecular complexity index is 527. The minimum atomic E-state index is 0.359. The first-order valence-corrected chi connectivity index (χ1v) is 6.40. The fourth-order valence-corrected chi connectivity index (χ4v) is 2.39. The van der Waals surface area contributed by atoms with Gasteiger partial charge in [-0.2, -0.15) is 0 Å². The van der Waals surface area contributed by atoms with Crippen molar-refractivity contribution in [3.05, 3.63) is 33.8 Å². The number of nitrogens with one attached hydrogen (secondary N) is 1. The molecule has 0 radical (unpaired) electrons. The monoisotopic (exact) mass is 264 g/mol. The van der Waals surface area contributed by atoms with Gasteiger partial charge in [-0.05, 0) is 19.1 Å². The molecule has 0 amide bonds. The molecule has 96 valence electrons. The van der Waals surface area contributed by atoms with Gasteiger partial charge < -0.3 is 15.8 Å². The van der Waals surface area contributed by atoms with Crippen LogP contribution in [-0.4, -0.2) is 17.1 Å². The highest BCUT2D eigenvalue weighted by atomic mass is 32.1. The van der Waals surface area contributed by atoms with Crippen LogP contribution in [0, 0.1) is 6.92 Å². The van der Waals surface area contributed by atoms with E-state index in [9.17, 15) is 0 Å². The van der Waals surface area contributed by atoms with Crippen LogP contribution in [-0.2, 0) is 17.9 Å². The van der Waals surface area contributed by atoms with E-state index in [2.05, 4.69) is 34.3 Å². The Hall–Kier alpha value is -1.66. The Kier molecular flexibility index (Phi) is 4.11. The highest BCUT2D eigenvalue weighted by molar-refractivity contribution is 7.11. The van der Waals surface area contributed by atoms with E-state index in [0.29, 0.717) is 18.2 Å². The van der Waals surface area contributed by atoms with E-state index in [0.717, 1.165) is 12.4 Å². The number of methoxy groups -OCH3 is 1. The van der Waals surface area contributed by atoms with Crippen LogP contribution < -0.4 is 11.1 Å². The molecule has 0 saturated carbocycles. The lowest BCUT2D eigenvalue weighted by Crippen LogP contribution is -2.06. The Balaban J connectivity index is 2.04. The molecule has 0 atom stereocenters. The predicted molar refractivity (Wildman–Crippen MR) is 73.5 cm³/mol. The third kappa shape index (κ3) is 3.41. The van der Waals surface area contributed by atoms with Crippen LogP contribution in [0.5, 0.6) is 0 Å². The topological polar surface area (TPSA) is 73.1 Å². The van der Waals surface area contributed by atoms with Gasteiger partial charge in [-0.1, -0.05) is 0 Å². The van der Waals surface area contributed by atoms with Crippen molar-refractivity contribution in [1.29, 1.82) is 0 Å². The molecule has 0 aliphatic heterocycles. The van der Waals surface area contributed by atoms with Crippen molar-refractivity contribution in [2.45, 2.75) is 20.1 Å². The molecule has 2 rings (SSSR count). The smallest absolute Gasteiger partial charge is 0.158 e. The van der Waals surface area contributed by atoms with Crippen molar-refractivity contribution in [2.75, 3.05) is 18.2 Å². The van der Waals surface area contributed by atoms with Crippen LogP contribution >= 0.6 is 11.3 Å². The molecule has 0 unspecified atom stereocenters. The van der Waals surface area contributed by atoms with E-state index >= 15 is 0 Å². The zero-order valence-electron chi connectivity index (χ0n) is 10.4. The maximum absolute atomic E-state index is 5.72. The van der Waals surface area contributed by atoms with Crippen LogP contribution in [0.2, 0.25) is 0 Å². The summed E-state index contributed by atoms with van der Waals surface area (Å²) in [5.74, 6) is 1.75. The number of ether oxygens (including phenoxy) is 1. The lowest BCUT2D eigenvalue weighted by atomic mass is 10.4. The Morgan fingerprint density at radius 3 is 2.89 bits per heavy atom. The van der Waals surface area contributed by atoms with Gasteiger partial charge in [0.15, 0.2) is 5.82 Å². The van der Waals surface area contributed by atoms with E-state index < -0.39 is 0 Å². The maximum Gasteiger partial charge on any atom is 0.158 e. The van der Waals surface area contributed by atoms with Crippen molar-refractivity contribution in [1.82, 2.24) is 9.97 Å². The number of nitrogen functional groups attached to an aromatic ring is 1. The van der Waals surface area contributed by atoms with Gasteiger partial charge in [-0.3, -0.25) is 0 Å². The van der Waals surface area contributed by atoms with Gasteiger partial charge in [0, 0.05) is 22.9 Å². The van der Waals surface area contributed by atoms with Gasteiger partial charge >= 0.3 is 0 Å². The van der Waals surface area contributed by atoms with Crippen LogP contribution in [0.3, 0.4) is 0 Å². The Morgan fingerprint density at radius 1 is 1.39 bits per heavy atom. The van der Waals surface area contributed by atoms with Gasteiger partial charge in [0.2, 0.25) is 0 Å². The molecule has 6 heteroatoms. The Morgan fingerprint density at radius 2 is 2.22 bits per heavy atom. The molecule has 0 aromatic carbocycles. The molecule has 0 fully saturated rings. The molecule has 0 bridgehead atoms. The zero-order valence-corrected chi connectivity index (χ0v) is 11.3. The molecular formula is C12H16N4OS. The number of thiophene rings is 1. The molecule has 3 N–H and O–H groups in total.